The van der Waals surface area contributed by atoms with E-state index in [0.717, 1.165) is 18.7 Å². The van der Waals surface area contributed by atoms with E-state index in [9.17, 15) is 5.11 Å². The van der Waals surface area contributed by atoms with Gasteiger partial charge in [0.1, 0.15) is 5.75 Å². The summed E-state index contributed by atoms with van der Waals surface area (Å²) in [7, 11) is 0. The number of rotatable bonds is 4. The zero-order chi connectivity index (χ0) is 12.3. The van der Waals surface area contributed by atoms with Gasteiger partial charge in [-0.1, -0.05) is 12.1 Å². The lowest BCUT2D eigenvalue weighted by atomic mass is 10.1. The van der Waals surface area contributed by atoms with Crippen LogP contribution >= 0.6 is 0 Å². The SMILES string of the molecule is CC(N)c1cncn1CCc1ccc(O)cc1. The third kappa shape index (κ3) is 2.85. The van der Waals surface area contributed by atoms with Crippen LogP contribution in [0.15, 0.2) is 36.8 Å². The summed E-state index contributed by atoms with van der Waals surface area (Å²) < 4.78 is 2.07. The van der Waals surface area contributed by atoms with Gasteiger partial charge in [0.15, 0.2) is 0 Å². The lowest BCUT2D eigenvalue weighted by Gasteiger charge is -2.10. The second-order valence-electron chi connectivity index (χ2n) is 4.22. The molecule has 4 nitrogen and oxygen atoms in total. The van der Waals surface area contributed by atoms with Gasteiger partial charge in [0, 0.05) is 18.8 Å². The smallest absolute Gasteiger partial charge is 0.115 e. The Morgan fingerprint density at radius 2 is 2.06 bits per heavy atom. The number of nitrogens with zero attached hydrogens (tertiary/aromatic N) is 2. The highest BCUT2D eigenvalue weighted by atomic mass is 16.3. The molecule has 0 saturated carbocycles. The number of phenols is 1. The maximum atomic E-state index is 9.19. The van der Waals surface area contributed by atoms with Gasteiger partial charge in [0.25, 0.3) is 0 Å². The van der Waals surface area contributed by atoms with Crippen molar-refractivity contribution in [3.8, 4) is 5.75 Å². The number of aromatic hydroxyl groups is 1. The van der Waals surface area contributed by atoms with Crippen molar-refractivity contribution in [1.29, 1.82) is 0 Å². The number of aryl methyl sites for hydroxylation is 2. The van der Waals surface area contributed by atoms with Crippen LogP contribution in [0, 0.1) is 0 Å². The van der Waals surface area contributed by atoms with Crippen LogP contribution in [0.2, 0.25) is 0 Å². The van der Waals surface area contributed by atoms with E-state index in [1.54, 1.807) is 18.5 Å². The lowest BCUT2D eigenvalue weighted by Crippen LogP contribution is -2.12. The fourth-order valence-electron chi connectivity index (χ4n) is 1.81. The molecule has 90 valence electrons. The highest BCUT2D eigenvalue weighted by Crippen LogP contribution is 2.13. The minimum Gasteiger partial charge on any atom is -0.508 e. The zero-order valence-corrected chi connectivity index (χ0v) is 9.87. The minimum atomic E-state index is -0.00248. The average Bonchev–Trinajstić information content (AvgIpc) is 2.76. The molecule has 4 heteroatoms. The van der Waals surface area contributed by atoms with Crippen molar-refractivity contribution in [2.45, 2.75) is 25.9 Å². The lowest BCUT2D eigenvalue weighted by molar-refractivity contribution is 0.475. The molecule has 0 aliphatic carbocycles. The molecular formula is C13H17N3O. The Bertz CT molecular complexity index is 474. The van der Waals surface area contributed by atoms with Gasteiger partial charge in [0.2, 0.25) is 0 Å². The monoisotopic (exact) mass is 231 g/mol. The van der Waals surface area contributed by atoms with Crippen LogP contribution in [0.25, 0.3) is 0 Å². The molecule has 3 N–H and O–H groups in total. The van der Waals surface area contributed by atoms with E-state index >= 15 is 0 Å². The summed E-state index contributed by atoms with van der Waals surface area (Å²) in [5.41, 5.74) is 8.09. The number of aromatic nitrogens is 2. The van der Waals surface area contributed by atoms with Crippen molar-refractivity contribution in [2.24, 2.45) is 5.73 Å². The van der Waals surface area contributed by atoms with Gasteiger partial charge in [-0.05, 0) is 31.0 Å². The molecule has 0 saturated heterocycles. The van der Waals surface area contributed by atoms with Gasteiger partial charge in [-0.3, -0.25) is 0 Å². The molecule has 1 atom stereocenters. The van der Waals surface area contributed by atoms with Crippen molar-refractivity contribution in [1.82, 2.24) is 9.55 Å². The second-order valence-corrected chi connectivity index (χ2v) is 4.22. The summed E-state index contributed by atoms with van der Waals surface area (Å²) in [5, 5.41) is 9.19. The Morgan fingerprint density at radius 3 is 2.71 bits per heavy atom. The number of phenolic OH excluding ortho intramolecular Hbond substituents is 1. The first-order valence-corrected chi connectivity index (χ1v) is 5.70. The molecule has 17 heavy (non-hydrogen) atoms. The fraction of sp³-hybridized carbons (Fsp3) is 0.308. The Hall–Kier alpha value is -1.81. The molecule has 0 amide bonds. The molecule has 0 aliphatic heterocycles. The molecule has 0 fully saturated rings. The molecule has 0 aliphatic rings. The van der Waals surface area contributed by atoms with Crippen LogP contribution in [0.1, 0.15) is 24.2 Å². The number of hydrogen-bond acceptors (Lipinski definition) is 3. The third-order valence-corrected chi connectivity index (χ3v) is 2.79. The third-order valence-electron chi connectivity index (χ3n) is 2.79. The van der Waals surface area contributed by atoms with Gasteiger partial charge in [0.05, 0.1) is 12.0 Å². The molecule has 2 aromatic rings. The van der Waals surface area contributed by atoms with Crippen molar-refractivity contribution >= 4 is 0 Å². The van der Waals surface area contributed by atoms with E-state index in [4.69, 9.17) is 5.73 Å². The zero-order valence-electron chi connectivity index (χ0n) is 9.87. The first kappa shape index (κ1) is 11.7. The van der Waals surface area contributed by atoms with Gasteiger partial charge in [-0.25, -0.2) is 4.98 Å². The number of hydrogen-bond donors (Lipinski definition) is 2. The van der Waals surface area contributed by atoms with E-state index in [2.05, 4.69) is 9.55 Å². The first-order chi connectivity index (χ1) is 8.16. The fourth-order valence-corrected chi connectivity index (χ4v) is 1.81. The molecule has 1 aromatic heterocycles. The maximum Gasteiger partial charge on any atom is 0.115 e. The topological polar surface area (TPSA) is 64.1 Å². The van der Waals surface area contributed by atoms with Gasteiger partial charge >= 0.3 is 0 Å². The Morgan fingerprint density at radius 1 is 1.35 bits per heavy atom. The number of benzene rings is 1. The molecular weight excluding hydrogens is 214 g/mol. The predicted molar refractivity (Wildman–Crippen MR) is 66.6 cm³/mol. The molecule has 0 radical (unpaired) electrons. The molecule has 0 spiro atoms. The van der Waals surface area contributed by atoms with Crippen LogP contribution in [-0.2, 0) is 13.0 Å². The Kier molecular flexibility index (Phi) is 3.44. The predicted octanol–water partition coefficient (Wildman–Crippen LogP) is 1.85. The summed E-state index contributed by atoms with van der Waals surface area (Å²) in [6.45, 7) is 2.80. The largest absolute Gasteiger partial charge is 0.508 e. The Balaban J connectivity index is 2.02. The highest BCUT2D eigenvalue weighted by Gasteiger charge is 2.06. The van der Waals surface area contributed by atoms with Crippen molar-refractivity contribution < 1.29 is 5.11 Å². The molecule has 0 bridgehead atoms. The van der Waals surface area contributed by atoms with E-state index in [0.29, 0.717) is 5.75 Å². The van der Waals surface area contributed by atoms with Crippen LogP contribution in [-0.4, -0.2) is 14.7 Å². The first-order valence-electron chi connectivity index (χ1n) is 5.70. The second kappa shape index (κ2) is 5.01. The van der Waals surface area contributed by atoms with Gasteiger partial charge in [-0.15, -0.1) is 0 Å². The van der Waals surface area contributed by atoms with Crippen LogP contribution < -0.4 is 5.73 Å². The van der Waals surface area contributed by atoms with Gasteiger partial charge < -0.3 is 15.4 Å². The van der Waals surface area contributed by atoms with E-state index in [-0.39, 0.29) is 6.04 Å². The molecule has 1 aromatic carbocycles. The van der Waals surface area contributed by atoms with E-state index in [1.807, 2.05) is 25.3 Å². The van der Waals surface area contributed by atoms with Gasteiger partial charge in [-0.2, -0.15) is 0 Å². The maximum absolute atomic E-state index is 9.19. The van der Waals surface area contributed by atoms with Crippen molar-refractivity contribution in [2.75, 3.05) is 0 Å². The summed E-state index contributed by atoms with van der Waals surface area (Å²) in [6, 6.07) is 7.26. The van der Waals surface area contributed by atoms with Crippen LogP contribution in [0.3, 0.4) is 0 Å². The molecule has 1 unspecified atom stereocenters. The minimum absolute atomic E-state index is 0.00248. The quantitative estimate of drug-likeness (QED) is 0.844. The van der Waals surface area contributed by atoms with E-state index < -0.39 is 0 Å². The standard InChI is InChI=1S/C13H17N3O/c1-10(14)13-8-15-9-16(13)7-6-11-2-4-12(17)5-3-11/h2-5,8-10,17H,6-7,14H2,1H3. The van der Waals surface area contributed by atoms with Crippen molar-refractivity contribution in [3.63, 3.8) is 0 Å². The van der Waals surface area contributed by atoms with Crippen molar-refractivity contribution in [3.05, 3.63) is 48.0 Å². The highest BCUT2D eigenvalue weighted by molar-refractivity contribution is 5.25. The normalized spacial score (nSPS) is 12.6. The Labute approximate surface area is 101 Å². The number of imidazole rings is 1. The molecule has 2 rings (SSSR count). The number of nitrogens with two attached hydrogens (primary N) is 1. The summed E-state index contributed by atoms with van der Waals surface area (Å²) >= 11 is 0. The summed E-state index contributed by atoms with van der Waals surface area (Å²) in [4.78, 5) is 4.11. The van der Waals surface area contributed by atoms with Crippen LogP contribution in [0.5, 0.6) is 5.75 Å². The average molecular weight is 231 g/mol. The van der Waals surface area contributed by atoms with E-state index in [1.165, 1.54) is 5.56 Å². The summed E-state index contributed by atoms with van der Waals surface area (Å²) in [6.07, 6.45) is 4.51. The molecule has 1 heterocycles. The van der Waals surface area contributed by atoms with Crippen LogP contribution in [0.4, 0.5) is 0 Å². The summed E-state index contributed by atoms with van der Waals surface area (Å²) in [5.74, 6) is 0.299.